The average Bonchev–Trinajstić information content (AvgIpc) is 2.66. The number of nitrogens with one attached hydrogen (secondary N) is 1. The van der Waals surface area contributed by atoms with Crippen molar-refractivity contribution in [2.45, 2.75) is 25.7 Å². The summed E-state index contributed by atoms with van der Waals surface area (Å²) in [5.74, 6) is 0.187. The van der Waals surface area contributed by atoms with E-state index in [-0.39, 0.29) is 17.7 Å². The molecule has 1 aliphatic rings. The Bertz CT molecular complexity index is 337. The first-order chi connectivity index (χ1) is 8.65. The minimum atomic E-state index is -0.297. The van der Waals surface area contributed by atoms with E-state index in [0.717, 1.165) is 23.5 Å². The van der Waals surface area contributed by atoms with Gasteiger partial charge < -0.3 is 5.32 Å². The fourth-order valence-corrected chi connectivity index (χ4v) is 1.83. The molecule has 0 aromatic carbocycles. The molecule has 0 bridgehead atoms. The molecule has 0 atom stereocenters. The van der Waals surface area contributed by atoms with Gasteiger partial charge in [-0.05, 0) is 25.0 Å². The Kier molecular flexibility index (Phi) is 6.49. The van der Waals surface area contributed by atoms with Gasteiger partial charge in [0.2, 0.25) is 5.91 Å². The summed E-state index contributed by atoms with van der Waals surface area (Å²) in [6, 6.07) is 0. The molecule has 1 N–H and O–H groups in total. The molecule has 6 heteroatoms. The van der Waals surface area contributed by atoms with Crippen LogP contribution in [-0.4, -0.2) is 41.5 Å². The molecule has 0 aromatic rings. The fraction of sp³-hybridized carbons (Fsp3) is 0.583. The molecule has 0 saturated heterocycles. The van der Waals surface area contributed by atoms with Crippen LogP contribution in [0, 0.1) is 0 Å². The molecular weight excluding hydrogens is 252 g/mol. The summed E-state index contributed by atoms with van der Waals surface area (Å²) in [6.07, 6.45) is 5.23. The zero-order valence-electron chi connectivity index (χ0n) is 10.2. The quantitative estimate of drug-likeness (QED) is 0.384. The van der Waals surface area contributed by atoms with Gasteiger partial charge in [-0.3, -0.25) is 19.3 Å². The molecule has 1 heterocycles. The lowest BCUT2D eigenvalue weighted by Gasteiger charge is -2.13. The van der Waals surface area contributed by atoms with Crippen molar-refractivity contribution in [3.8, 4) is 0 Å². The predicted molar refractivity (Wildman–Crippen MR) is 71.2 cm³/mol. The summed E-state index contributed by atoms with van der Waals surface area (Å²) in [7, 11) is 0. The number of unbranched alkanes of at least 4 members (excludes halogenated alkanes) is 1. The van der Waals surface area contributed by atoms with Crippen molar-refractivity contribution in [3.63, 3.8) is 0 Å². The number of carbonyl (C=O) groups excluding carboxylic acids is 3. The van der Waals surface area contributed by atoms with Gasteiger partial charge >= 0.3 is 0 Å². The third-order valence-electron chi connectivity index (χ3n) is 2.59. The molecule has 3 amide bonds. The Labute approximate surface area is 112 Å². The van der Waals surface area contributed by atoms with Crippen LogP contribution in [0.2, 0.25) is 0 Å². The molecule has 0 unspecified atom stereocenters. The Morgan fingerprint density at radius 2 is 1.83 bits per heavy atom. The Balaban J connectivity index is 2.09. The highest BCUT2D eigenvalue weighted by Crippen LogP contribution is 2.05. The molecule has 0 fully saturated rings. The van der Waals surface area contributed by atoms with Crippen molar-refractivity contribution in [1.82, 2.24) is 10.2 Å². The summed E-state index contributed by atoms with van der Waals surface area (Å²) < 4.78 is 0. The second-order valence-electron chi connectivity index (χ2n) is 4.05. The van der Waals surface area contributed by atoms with Crippen molar-refractivity contribution >= 4 is 30.4 Å². The topological polar surface area (TPSA) is 66.5 Å². The molecule has 100 valence electrons. The largest absolute Gasteiger partial charge is 0.356 e. The molecular formula is C12H18N2O3S. The summed E-state index contributed by atoms with van der Waals surface area (Å²) in [5.41, 5.74) is 0. The van der Waals surface area contributed by atoms with Crippen LogP contribution in [0.5, 0.6) is 0 Å². The normalized spacial score (nSPS) is 14.4. The lowest BCUT2D eigenvalue weighted by Crippen LogP contribution is -2.32. The lowest BCUT2D eigenvalue weighted by atomic mass is 10.2. The third-order valence-corrected chi connectivity index (χ3v) is 2.91. The predicted octanol–water partition coefficient (Wildman–Crippen LogP) is 0.518. The molecule has 1 rings (SSSR count). The highest BCUT2D eigenvalue weighted by Gasteiger charge is 2.22. The van der Waals surface area contributed by atoms with Crippen LogP contribution in [0.15, 0.2) is 12.2 Å². The minimum absolute atomic E-state index is 0.0405. The average molecular weight is 270 g/mol. The molecule has 1 aliphatic heterocycles. The molecule has 0 radical (unpaired) electrons. The number of hydrogen-bond donors (Lipinski definition) is 2. The smallest absolute Gasteiger partial charge is 0.253 e. The number of amides is 3. The number of imide groups is 1. The number of nitrogens with zero attached hydrogens (tertiary/aromatic N) is 1. The van der Waals surface area contributed by atoms with Crippen molar-refractivity contribution in [2.24, 2.45) is 0 Å². The number of carbonyl (C=O) groups is 3. The van der Waals surface area contributed by atoms with Gasteiger partial charge in [0.05, 0.1) is 0 Å². The Morgan fingerprint density at radius 3 is 2.44 bits per heavy atom. The first kappa shape index (κ1) is 14.8. The van der Waals surface area contributed by atoms with Gasteiger partial charge in [0.1, 0.15) is 0 Å². The fourth-order valence-electron chi connectivity index (χ4n) is 1.60. The number of thiol groups is 1. The van der Waals surface area contributed by atoms with E-state index < -0.39 is 0 Å². The van der Waals surface area contributed by atoms with Crippen LogP contribution in [0.25, 0.3) is 0 Å². The molecule has 18 heavy (non-hydrogen) atoms. The van der Waals surface area contributed by atoms with Gasteiger partial charge in [-0.15, -0.1) is 0 Å². The SMILES string of the molecule is O=C(CCCN1C(=O)C=CC1=O)NCCCCS. The lowest BCUT2D eigenvalue weighted by molar-refractivity contribution is -0.137. The van der Waals surface area contributed by atoms with Gasteiger partial charge in [-0.2, -0.15) is 12.6 Å². The standard InChI is InChI=1S/C12H18N2O3S/c15-10(13-7-1-2-9-18)4-3-8-14-11(16)5-6-12(14)17/h5-6,18H,1-4,7-9H2,(H,13,15). The Morgan fingerprint density at radius 1 is 1.17 bits per heavy atom. The maximum absolute atomic E-state index is 11.4. The van der Waals surface area contributed by atoms with E-state index in [1.807, 2.05) is 0 Å². The van der Waals surface area contributed by atoms with Gasteiger partial charge in [0, 0.05) is 31.7 Å². The van der Waals surface area contributed by atoms with Crippen LogP contribution in [-0.2, 0) is 14.4 Å². The number of rotatable bonds is 8. The molecule has 0 aliphatic carbocycles. The van der Waals surface area contributed by atoms with Gasteiger partial charge in [-0.1, -0.05) is 0 Å². The van der Waals surface area contributed by atoms with E-state index in [1.54, 1.807) is 0 Å². The first-order valence-electron chi connectivity index (χ1n) is 6.06. The monoisotopic (exact) mass is 270 g/mol. The van der Waals surface area contributed by atoms with Crippen LogP contribution in [0.4, 0.5) is 0 Å². The molecule has 0 aromatic heterocycles. The van der Waals surface area contributed by atoms with Crippen LogP contribution in [0.1, 0.15) is 25.7 Å². The van der Waals surface area contributed by atoms with E-state index in [9.17, 15) is 14.4 Å². The van der Waals surface area contributed by atoms with Crippen LogP contribution < -0.4 is 5.32 Å². The summed E-state index contributed by atoms with van der Waals surface area (Å²) in [4.78, 5) is 35.0. The second kappa shape index (κ2) is 7.92. The zero-order valence-corrected chi connectivity index (χ0v) is 11.1. The maximum Gasteiger partial charge on any atom is 0.253 e. The highest BCUT2D eigenvalue weighted by atomic mass is 32.1. The zero-order chi connectivity index (χ0) is 13.4. The van der Waals surface area contributed by atoms with Crippen molar-refractivity contribution < 1.29 is 14.4 Å². The maximum atomic E-state index is 11.4. The van der Waals surface area contributed by atoms with E-state index in [1.165, 1.54) is 12.2 Å². The third kappa shape index (κ3) is 4.91. The van der Waals surface area contributed by atoms with Crippen molar-refractivity contribution in [2.75, 3.05) is 18.8 Å². The molecule has 0 saturated carbocycles. The first-order valence-corrected chi connectivity index (χ1v) is 6.69. The van der Waals surface area contributed by atoms with E-state index in [0.29, 0.717) is 25.9 Å². The van der Waals surface area contributed by atoms with Gasteiger partial charge in [-0.25, -0.2) is 0 Å². The van der Waals surface area contributed by atoms with Gasteiger partial charge in [0.15, 0.2) is 0 Å². The summed E-state index contributed by atoms with van der Waals surface area (Å²) in [6.45, 7) is 0.956. The number of hydrogen-bond acceptors (Lipinski definition) is 4. The van der Waals surface area contributed by atoms with E-state index in [2.05, 4.69) is 17.9 Å². The highest BCUT2D eigenvalue weighted by molar-refractivity contribution is 7.80. The van der Waals surface area contributed by atoms with Crippen molar-refractivity contribution in [3.05, 3.63) is 12.2 Å². The van der Waals surface area contributed by atoms with Crippen molar-refractivity contribution in [1.29, 1.82) is 0 Å². The second-order valence-corrected chi connectivity index (χ2v) is 4.49. The van der Waals surface area contributed by atoms with Crippen LogP contribution in [0.3, 0.4) is 0 Å². The van der Waals surface area contributed by atoms with E-state index in [4.69, 9.17) is 0 Å². The molecule has 5 nitrogen and oxygen atoms in total. The van der Waals surface area contributed by atoms with Crippen LogP contribution >= 0.6 is 12.6 Å². The summed E-state index contributed by atoms with van der Waals surface area (Å²) in [5, 5.41) is 2.79. The summed E-state index contributed by atoms with van der Waals surface area (Å²) >= 11 is 4.08. The van der Waals surface area contributed by atoms with E-state index >= 15 is 0 Å². The van der Waals surface area contributed by atoms with Gasteiger partial charge in [0.25, 0.3) is 11.8 Å². The molecule has 0 spiro atoms. The minimum Gasteiger partial charge on any atom is -0.356 e. The Hall–Kier alpha value is -1.30.